The van der Waals surface area contributed by atoms with Gasteiger partial charge in [0.1, 0.15) is 5.54 Å². The fraction of sp³-hybridized carbons (Fsp3) is 0.923. The van der Waals surface area contributed by atoms with Crippen LogP contribution in [0.15, 0.2) is 0 Å². The van der Waals surface area contributed by atoms with Crippen molar-refractivity contribution in [2.75, 3.05) is 7.11 Å². The van der Waals surface area contributed by atoms with Crippen molar-refractivity contribution in [1.29, 1.82) is 0 Å². The lowest BCUT2D eigenvalue weighted by Gasteiger charge is -2.33. The predicted molar refractivity (Wildman–Crippen MR) is 66.9 cm³/mol. The Kier molecular flexibility index (Phi) is 3.61. The van der Waals surface area contributed by atoms with E-state index in [9.17, 15) is 4.79 Å². The standard InChI is InChI=1S/C13H25NO3/c1-11(2)8-9(13(5,6)17-11)14-12(3,4)10(15)16-7/h9,14H,8H2,1-7H3. The highest BCUT2D eigenvalue weighted by atomic mass is 16.5. The average Bonchev–Trinajstić information content (AvgIpc) is 2.32. The van der Waals surface area contributed by atoms with Crippen LogP contribution in [-0.4, -0.2) is 35.9 Å². The summed E-state index contributed by atoms with van der Waals surface area (Å²) < 4.78 is 10.8. The summed E-state index contributed by atoms with van der Waals surface area (Å²) in [7, 11) is 1.41. The van der Waals surface area contributed by atoms with Crippen molar-refractivity contribution in [2.24, 2.45) is 0 Å². The summed E-state index contributed by atoms with van der Waals surface area (Å²) in [5.74, 6) is -0.252. The Morgan fingerprint density at radius 3 is 2.24 bits per heavy atom. The highest BCUT2D eigenvalue weighted by molar-refractivity contribution is 5.79. The summed E-state index contributed by atoms with van der Waals surface area (Å²) in [5.41, 5.74) is -1.14. The summed E-state index contributed by atoms with van der Waals surface area (Å²) in [6.45, 7) is 11.9. The van der Waals surface area contributed by atoms with Crippen LogP contribution < -0.4 is 5.32 Å². The van der Waals surface area contributed by atoms with Crippen molar-refractivity contribution >= 4 is 5.97 Å². The second-order valence-electron chi connectivity index (χ2n) is 6.48. The van der Waals surface area contributed by atoms with Crippen molar-refractivity contribution in [3.63, 3.8) is 0 Å². The third-order valence-corrected chi connectivity index (χ3v) is 3.31. The molecule has 0 radical (unpaired) electrons. The van der Waals surface area contributed by atoms with Crippen molar-refractivity contribution in [2.45, 2.75) is 70.7 Å². The average molecular weight is 243 g/mol. The zero-order valence-corrected chi connectivity index (χ0v) is 12.0. The van der Waals surface area contributed by atoms with Gasteiger partial charge in [-0.25, -0.2) is 0 Å². The Bertz CT molecular complexity index is 308. The second-order valence-corrected chi connectivity index (χ2v) is 6.48. The van der Waals surface area contributed by atoms with Crippen molar-refractivity contribution < 1.29 is 14.3 Å². The molecule has 1 heterocycles. The van der Waals surface area contributed by atoms with Crippen LogP contribution >= 0.6 is 0 Å². The number of esters is 1. The number of hydrogen-bond acceptors (Lipinski definition) is 4. The fourth-order valence-electron chi connectivity index (χ4n) is 2.54. The van der Waals surface area contributed by atoms with Crippen LogP contribution in [0.2, 0.25) is 0 Å². The first-order chi connectivity index (χ1) is 7.50. The van der Waals surface area contributed by atoms with Crippen molar-refractivity contribution in [3.8, 4) is 0 Å². The van der Waals surface area contributed by atoms with E-state index in [1.807, 2.05) is 27.7 Å². The molecule has 0 aromatic rings. The lowest BCUT2D eigenvalue weighted by molar-refractivity contribution is -0.148. The smallest absolute Gasteiger partial charge is 0.325 e. The zero-order valence-electron chi connectivity index (χ0n) is 12.0. The topological polar surface area (TPSA) is 47.6 Å². The van der Waals surface area contributed by atoms with E-state index in [1.165, 1.54) is 7.11 Å². The molecule has 4 heteroatoms. The normalized spacial score (nSPS) is 26.9. The maximum Gasteiger partial charge on any atom is 0.325 e. The summed E-state index contributed by atoms with van der Waals surface area (Å²) in [6, 6.07) is 0.131. The summed E-state index contributed by atoms with van der Waals surface area (Å²) >= 11 is 0. The largest absolute Gasteiger partial charge is 0.468 e. The molecule has 0 aromatic heterocycles. The molecule has 17 heavy (non-hydrogen) atoms. The maximum absolute atomic E-state index is 11.7. The Morgan fingerprint density at radius 2 is 1.88 bits per heavy atom. The summed E-state index contributed by atoms with van der Waals surface area (Å²) in [6.07, 6.45) is 0.875. The number of ether oxygens (including phenoxy) is 2. The second kappa shape index (κ2) is 4.25. The van der Waals surface area contributed by atoms with E-state index < -0.39 is 5.54 Å². The third-order valence-electron chi connectivity index (χ3n) is 3.31. The predicted octanol–water partition coefficient (Wildman–Crippen LogP) is 1.87. The van der Waals surface area contributed by atoms with Gasteiger partial charge < -0.3 is 9.47 Å². The molecule has 0 saturated carbocycles. The minimum absolute atomic E-state index is 0.131. The van der Waals surface area contributed by atoms with Gasteiger partial charge in [-0.3, -0.25) is 10.1 Å². The van der Waals surface area contributed by atoms with Gasteiger partial charge in [0.05, 0.1) is 18.3 Å². The van der Waals surface area contributed by atoms with Gasteiger partial charge in [-0.05, 0) is 48.0 Å². The molecule has 4 nitrogen and oxygen atoms in total. The molecule has 1 saturated heterocycles. The van der Waals surface area contributed by atoms with E-state index in [2.05, 4.69) is 19.2 Å². The van der Waals surface area contributed by atoms with Gasteiger partial charge in [0, 0.05) is 6.04 Å². The van der Waals surface area contributed by atoms with E-state index in [-0.39, 0.29) is 23.2 Å². The van der Waals surface area contributed by atoms with Gasteiger partial charge in [0.25, 0.3) is 0 Å². The van der Waals surface area contributed by atoms with Crippen LogP contribution in [0.1, 0.15) is 48.0 Å². The molecular formula is C13H25NO3. The molecule has 0 bridgehead atoms. The molecule has 1 rings (SSSR count). The van der Waals surface area contributed by atoms with Crippen LogP contribution in [0, 0.1) is 0 Å². The Balaban J connectivity index is 2.79. The van der Waals surface area contributed by atoms with Crippen molar-refractivity contribution in [1.82, 2.24) is 5.32 Å². The van der Waals surface area contributed by atoms with Gasteiger partial charge in [-0.15, -0.1) is 0 Å². The lowest BCUT2D eigenvalue weighted by Crippen LogP contribution is -2.56. The number of carbonyl (C=O) groups is 1. The molecule has 1 aliphatic rings. The van der Waals surface area contributed by atoms with Crippen LogP contribution in [-0.2, 0) is 14.3 Å². The number of hydrogen-bond donors (Lipinski definition) is 1. The first-order valence-electron chi connectivity index (χ1n) is 6.06. The fourth-order valence-corrected chi connectivity index (χ4v) is 2.54. The van der Waals surface area contributed by atoms with E-state index in [0.717, 1.165) is 6.42 Å². The van der Waals surface area contributed by atoms with E-state index in [0.29, 0.717) is 0 Å². The molecule has 0 aromatic carbocycles. The molecule has 0 amide bonds. The van der Waals surface area contributed by atoms with Crippen molar-refractivity contribution in [3.05, 3.63) is 0 Å². The first kappa shape index (κ1) is 14.5. The molecule has 1 N–H and O–H groups in total. The molecular weight excluding hydrogens is 218 g/mol. The van der Waals surface area contributed by atoms with Gasteiger partial charge in [0.15, 0.2) is 0 Å². The summed E-state index contributed by atoms with van der Waals surface area (Å²) in [5, 5.41) is 3.35. The minimum Gasteiger partial charge on any atom is -0.468 e. The SMILES string of the molecule is COC(=O)C(C)(C)NC1CC(C)(C)OC1(C)C. The molecule has 1 unspecified atom stereocenters. The number of rotatable bonds is 3. The molecule has 1 aliphatic heterocycles. The molecule has 1 atom stereocenters. The first-order valence-corrected chi connectivity index (χ1v) is 6.06. The molecule has 100 valence electrons. The number of methoxy groups -OCH3 is 1. The maximum atomic E-state index is 11.7. The van der Waals surface area contributed by atoms with Crippen LogP contribution in [0.5, 0.6) is 0 Å². The molecule has 1 fully saturated rings. The lowest BCUT2D eigenvalue weighted by atomic mass is 9.91. The van der Waals surface area contributed by atoms with Crippen LogP contribution in [0.4, 0.5) is 0 Å². The Labute approximate surface area is 104 Å². The van der Waals surface area contributed by atoms with E-state index in [4.69, 9.17) is 9.47 Å². The highest BCUT2D eigenvalue weighted by Crippen LogP contribution is 2.38. The summed E-state index contributed by atoms with van der Waals surface area (Å²) in [4.78, 5) is 11.7. The highest BCUT2D eigenvalue weighted by Gasteiger charge is 2.48. The van der Waals surface area contributed by atoms with Gasteiger partial charge >= 0.3 is 5.97 Å². The van der Waals surface area contributed by atoms with Gasteiger partial charge in [-0.1, -0.05) is 0 Å². The van der Waals surface area contributed by atoms with Crippen LogP contribution in [0.3, 0.4) is 0 Å². The molecule has 0 spiro atoms. The third kappa shape index (κ3) is 3.19. The van der Waals surface area contributed by atoms with Gasteiger partial charge in [-0.2, -0.15) is 0 Å². The van der Waals surface area contributed by atoms with Crippen LogP contribution in [0.25, 0.3) is 0 Å². The van der Waals surface area contributed by atoms with Gasteiger partial charge in [0.2, 0.25) is 0 Å². The number of nitrogens with one attached hydrogen (secondary N) is 1. The quantitative estimate of drug-likeness (QED) is 0.769. The Hall–Kier alpha value is -0.610. The minimum atomic E-state index is -0.694. The van der Waals surface area contributed by atoms with E-state index >= 15 is 0 Å². The monoisotopic (exact) mass is 243 g/mol. The Morgan fingerprint density at radius 1 is 1.35 bits per heavy atom. The molecule has 0 aliphatic carbocycles. The number of carbonyl (C=O) groups excluding carboxylic acids is 1. The zero-order chi connectivity index (χ0) is 13.5. The van der Waals surface area contributed by atoms with E-state index in [1.54, 1.807) is 0 Å².